The van der Waals surface area contributed by atoms with Gasteiger partial charge in [-0.1, -0.05) is 21.6 Å². The molecule has 7 nitrogen and oxygen atoms in total. The maximum Gasteiger partial charge on any atom is 0.327 e. The summed E-state index contributed by atoms with van der Waals surface area (Å²) in [6.07, 6.45) is 0. The molecule has 116 valence electrons. The molecule has 0 aromatic heterocycles. The lowest BCUT2D eigenvalue weighted by atomic mass is 10.2. The van der Waals surface area contributed by atoms with E-state index in [1.807, 2.05) is 0 Å². The number of nitrogens with two attached hydrogens (primary N) is 1. The molecule has 0 aliphatic carbocycles. The molecule has 0 saturated carbocycles. The molecular weight excluding hydrogens is 324 g/mol. The summed E-state index contributed by atoms with van der Waals surface area (Å²) < 4.78 is -0.975. The lowest BCUT2D eigenvalue weighted by molar-refractivity contribution is -0.141. The minimum Gasteiger partial charge on any atom is -0.480 e. The summed E-state index contributed by atoms with van der Waals surface area (Å²) in [5.41, 5.74) is 5.30. The van der Waals surface area contributed by atoms with Crippen molar-refractivity contribution >= 4 is 52.1 Å². The molecular formula is C10H18N2O5S3. The number of carbonyl (C=O) groups excluding carboxylic acids is 1. The number of thiol groups is 1. The number of hydrogen-bond acceptors (Lipinski definition) is 7. The lowest BCUT2D eigenvalue weighted by Gasteiger charge is -2.21. The van der Waals surface area contributed by atoms with Crippen molar-refractivity contribution in [2.45, 2.75) is 30.7 Å². The number of carboxylic acid groups (broad SMARTS) is 2. The molecule has 10 heteroatoms. The topological polar surface area (TPSA) is 130 Å². The third-order valence-corrected chi connectivity index (χ3v) is 4.69. The number of nitrogens with one attached hydrogen (secondary N) is 1. The van der Waals surface area contributed by atoms with E-state index in [2.05, 4.69) is 17.9 Å². The van der Waals surface area contributed by atoms with Gasteiger partial charge in [-0.15, -0.1) is 0 Å². The number of amides is 1. The second-order valence-electron chi connectivity index (χ2n) is 4.44. The first-order valence-corrected chi connectivity index (χ1v) is 8.48. The fraction of sp³-hybridized carbons (Fsp3) is 0.700. The standard InChI is InChI=1S/C10H18N2O5S3/c1-10(2,18)9(17)12-6(8(15)16)4-20-19-3-5(11)7(13)14/h5-6,18H,3-4,11H2,1-2H3,(H,12,17)(H,13,14)(H,15,16). The van der Waals surface area contributed by atoms with Gasteiger partial charge in [-0.25, -0.2) is 4.79 Å². The Morgan fingerprint density at radius 2 is 1.70 bits per heavy atom. The third-order valence-electron chi connectivity index (χ3n) is 2.04. The SMILES string of the molecule is CC(C)(S)C(=O)NC(CSSCC(N)C(=O)O)C(=O)O. The van der Waals surface area contributed by atoms with Crippen LogP contribution in [-0.4, -0.2) is 56.4 Å². The smallest absolute Gasteiger partial charge is 0.327 e. The van der Waals surface area contributed by atoms with Crippen LogP contribution in [0.15, 0.2) is 0 Å². The molecule has 0 saturated heterocycles. The third kappa shape index (κ3) is 7.88. The van der Waals surface area contributed by atoms with Crippen LogP contribution in [0.25, 0.3) is 0 Å². The van der Waals surface area contributed by atoms with E-state index < -0.39 is 34.7 Å². The van der Waals surface area contributed by atoms with Crippen LogP contribution in [0.3, 0.4) is 0 Å². The Morgan fingerprint density at radius 3 is 2.10 bits per heavy atom. The van der Waals surface area contributed by atoms with Crippen LogP contribution in [0.4, 0.5) is 0 Å². The van der Waals surface area contributed by atoms with E-state index in [1.165, 1.54) is 0 Å². The lowest BCUT2D eigenvalue weighted by Crippen LogP contribution is -2.48. The van der Waals surface area contributed by atoms with Gasteiger partial charge in [0.05, 0.1) is 4.75 Å². The Balaban J connectivity index is 4.21. The highest BCUT2D eigenvalue weighted by Gasteiger charge is 2.28. The zero-order chi connectivity index (χ0) is 15.9. The Morgan fingerprint density at radius 1 is 1.20 bits per heavy atom. The first-order valence-electron chi connectivity index (χ1n) is 5.54. The minimum absolute atomic E-state index is 0.0991. The summed E-state index contributed by atoms with van der Waals surface area (Å²) in [4.78, 5) is 33.1. The Labute approximate surface area is 130 Å². The van der Waals surface area contributed by atoms with Crippen molar-refractivity contribution in [1.82, 2.24) is 5.32 Å². The predicted octanol–water partition coefficient (Wildman–Crippen LogP) is 0.0575. The summed E-state index contributed by atoms with van der Waals surface area (Å²) in [5, 5.41) is 20.0. The van der Waals surface area contributed by atoms with Gasteiger partial charge < -0.3 is 21.3 Å². The van der Waals surface area contributed by atoms with Crippen molar-refractivity contribution in [3.63, 3.8) is 0 Å². The highest BCUT2D eigenvalue weighted by atomic mass is 33.1. The van der Waals surface area contributed by atoms with Gasteiger partial charge in [-0.3, -0.25) is 9.59 Å². The summed E-state index contributed by atoms with van der Waals surface area (Å²) in [7, 11) is 2.29. The molecule has 0 aromatic carbocycles. The predicted molar refractivity (Wildman–Crippen MR) is 83.2 cm³/mol. The average Bonchev–Trinajstić information content (AvgIpc) is 2.30. The van der Waals surface area contributed by atoms with Gasteiger partial charge in [0, 0.05) is 11.5 Å². The summed E-state index contributed by atoms with van der Waals surface area (Å²) >= 11 is 4.05. The van der Waals surface area contributed by atoms with Crippen molar-refractivity contribution < 1.29 is 24.6 Å². The fourth-order valence-corrected chi connectivity index (χ4v) is 3.15. The van der Waals surface area contributed by atoms with E-state index in [-0.39, 0.29) is 11.5 Å². The second-order valence-corrected chi connectivity index (χ2v) is 8.11. The van der Waals surface area contributed by atoms with Gasteiger partial charge in [0.25, 0.3) is 0 Å². The van der Waals surface area contributed by atoms with Crippen LogP contribution in [0, 0.1) is 0 Å². The van der Waals surface area contributed by atoms with Crippen molar-refractivity contribution in [1.29, 1.82) is 0 Å². The molecule has 2 atom stereocenters. The number of aliphatic carboxylic acids is 2. The van der Waals surface area contributed by atoms with Crippen LogP contribution in [0.1, 0.15) is 13.8 Å². The van der Waals surface area contributed by atoms with Gasteiger partial charge in [0.15, 0.2) is 0 Å². The van der Waals surface area contributed by atoms with E-state index in [4.69, 9.17) is 15.9 Å². The molecule has 0 heterocycles. The summed E-state index contributed by atoms with van der Waals surface area (Å²) in [6, 6.07) is -2.06. The van der Waals surface area contributed by atoms with E-state index in [9.17, 15) is 14.4 Å². The van der Waals surface area contributed by atoms with Gasteiger partial charge in [-0.05, 0) is 13.8 Å². The zero-order valence-corrected chi connectivity index (χ0v) is 13.6. The van der Waals surface area contributed by atoms with E-state index in [1.54, 1.807) is 13.8 Å². The van der Waals surface area contributed by atoms with Crippen LogP contribution in [0.5, 0.6) is 0 Å². The summed E-state index contributed by atoms with van der Waals surface area (Å²) in [5.74, 6) is -2.51. The monoisotopic (exact) mass is 342 g/mol. The van der Waals surface area contributed by atoms with E-state index >= 15 is 0 Å². The molecule has 5 N–H and O–H groups in total. The van der Waals surface area contributed by atoms with E-state index in [0.29, 0.717) is 0 Å². The minimum atomic E-state index is -1.16. The molecule has 0 radical (unpaired) electrons. The van der Waals surface area contributed by atoms with Gasteiger partial charge in [0.2, 0.25) is 5.91 Å². The Hall–Kier alpha value is -0.580. The van der Waals surface area contributed by atoms with Crippen LogP contribution < -0.4 is 11.1 Å². The van der Waals surface area contributed by atoms with Gasteiger partial charge in [0.1, 0.15) is 12.1 Å². The molecule has 0 aliphatic rings. The highest BCUT2D eigenvalue weighted by Crippen LogP contribution is 2.23. The fourth-order valence-electron chi connectivity index (χ4n) is 0.818. The maximum atomic E-state index is 11.6. The molecule has 0 aromatic rings. The number of rotatable bonds is 9. The van der Waals surface area contributed by atoms with Gasteiger partial charge >= 0.3 is 11.9 Å². The van der Waals surface area contributed by atoms with Crippen molar-refractivity contribution in [3.05, 3.63) is 0 Å². The van der Waals surface area contributed by atoms with Crippen LogP contribution in [0.2, 0.25) is 0 Å². The number of carboxylic acids is 2. The Bertz CT molecular complexity index is 372. The molecule has 20 heavy (non-hydrogen) atoms. The molecule has 2 unspecified atom stereocenters. The largest absolute Gasteiger partial charge is 0.480 e. The quantitative estimate of drug-likeness (QED) is 0.226. The highest BCUT2D eigenvalue weighted by molar-refractivity contribution is 8.76. The summed E-state index contributed by atoms with van der Waals surface area (Å²) in [6.45, 7) is 3.11. The van der Waals surface area contributed by atoms with Gasteiger partial charge in [-0.2, -0.15) is 12.6 Å². The molecule has 0 rings (SSSR count). The second kappa shape index (κ2) is 8.65. The normalized spacial score (nSPS) is 14.4. The molecule has 0 spiro atoms. The maximum absolute atomic E-state index is 11.6. The van der Waals surface area contributed by atoms with Crippen LogP contribution in [-0.2, 0) is 14.4 Å². The molecule has 1 amide bonds. The zero-order valence-electron chi connectivity index (χ0n) is 11.0. The van der Waals surface area contributed by atoms with Crippen molar-refractivity contribution in [2.24, 2.45) is 5.73 Å². The average molecular weight is 342 g/mol. The first-order chi connectivity index (χ1) is 9.05. The number of hydrogen-bond donors (Lipinski definition) is 5. The van der Waals surface area contributed by atoms with E-state index in [0.717, 1.165) is 21.6 Å². The van der Waals surface area contributed by atoms with Crippen molar-refractivity contribution in [3.8, 4) is 0 Å². The molecule has 0 fully saturated rings. The van der Waals surface area contributed by atoms with Crippen LogP contribution >= 0.6 is 34.2 Å². The molecule has 0 aliphatic heterocycles. The number of carbonyl (C=O) groups is 3. The first kappa shape index (κ1) is 19.4. The van der Waals surface area contributed by atoms with Crippen molar-refractivity contribution in [2.75, 3.05) is 11.5 Å². The Kier molecular flexibility index (Phi) is 8.40. The molecule has 0 bridgehead atoms.